The van der Waals surface area contributed by atoms with Crippen molar-refractivity contribution in [1.82, 2.24) is 15.3 Å². The van der Waals surface area contributed by atoms with Crippen molar-refractivity contribution in [2.24, 2.45) is 0 Å². The molecule has 0 radical (unpaired) electrons. The van der Waals surface area contributed by atoms with Gasteiger partial charge in [-0.2, -0.15) is 4.98 Å². The van der Waals surface area contributed by atoms with Crippen LogP contribution in [0.3, 0.4) is 0 Å². The third-order valence-corrected chi connectivity index (χ3v) is 6.59. The highest BCUT2D eigenvalue weighted by Crippen LogP contribution is 2.37. The number of nitrogens with zero attached hydrogens (tertiary/aromatic N) is 5. The van der Waals surface area contributed by atoms with Gasteiger partial charge in [0.2, 0.25) is 11.9 Å². The van der Waals surface area contributed by atoms with Crippen molar-refractivity contribution in [3.8, 4) is 5.75 Å². The Kier molecular flexibility index (Phi) is 8.32. The summed E-state index contributed by atoms with van der Waals surface area (Å²) in [6.07, 6.45) is 2.37. The van der Waals surface area contributed by atoms with E-state index in [0.717, 1.165) is 37.7 Å². The molecule has 0 bridgehead atoms. The number of amides is 1. The van der Waals surface area contributed by atoms with Crippen molar-refractivity contribution in [1.29, 1.82) is 0 Å². The fraction of sp³-hybridized carbons (Fsp3) is 0.538. The van der Waals surface area contributed by atoms with Gasteiger partial charge in [0.15, 0.2) is 5.82 Å². The fourth-order valence-corrected chi connectivity index (χ4v) is 4.76. The van der Waals surface area contributed by atoms with Gasteiger partial charge >= 0.3 is 5.97 Å². The number of hydrogen-bond acceptors (Lipinski definition) is 10. The minimum absolute atomic E-state index is 0.0418. The van der Waals surface area contributed by atoms with Gasteiger partial charge in [0.05, 0.1) is 11.9 Å². The number of esters is 1. The maximum Gasteiger partial charge on any atom is 0.302 e. The lowest BCUT2D eigenvalue weighted by Gasteiger charge is -2.42. The molecule has 0 aliphatic carbocycles. The Morgan fingerprint density at radius 1 is 1.24 bits per heavy atom. The molecule has 1 aromatic heterocycles. The highest BCUT2D eigenvalue weighted by Gasteiger charge is 2.38. The lowest BCUT2D eigenvalue weighted by atomic mass is 10.1. The van der Waals surface area contributed by atoms with E-state index in [9.17, 15) is 9.59 Å². The van der Waals surface area contributed by atoms with Gasteiger partial charge in [-0.15, -0.1) is 0 Å². The van der Waals surface area contributed by atoms with Crippen LogP contribution in [0.25, 0.3) is 0 Å². The predicted octanol–water partition coefficient (Wildman–Crippen LogP) is 2.54. The first kappa shape index (κ1) is 26.5. The van der Waals surface area contributed by atoms with E-state index in [2.05, 4.69) is 39.3 Å². The SMILES string of the molecule is CC[C@@H]1C(=O)N(C)c2cnc(Nc3cc(N4CCNCC4)ccc3OCCOC(C)=O)nc2N1C(C)C. The second-order valence-corrected chi connectivity index (χ2v) is 9.46. The molecule has 4 rings (SSSR count). The number of likely N-dealkylation sites (N-methyl/N-ethyl adjacent to an activating group) is 1. The van der Waals surface area contributed by atoms with Gasteiger partial charge in [-0.1, -0.05) is 6.92 Å². The van der Waals surface area contributed by atoms with E-state index in [1.165, 1.54) is 6.92 Å². The summed E-state index contributed by atoms with van der Waals surface area (Å²) in [4.78, 5) is 39.5. The zero-order chi connectivity index (χ0) is 26.5. The van der Waals surface area contributed by atoms with Crippen molar-refractivity contribution in [2.45, 2.75) is 46.2 Å². The molecule has 2 aliphatic heterocycles. The standard InChI is InChI=1S/C26H37N7O4/c1-6-21-25(35)31(5)22-16-28-26(30-24(22)33(21)17(2)3)29-20-15-19(32-11-9-27-10-12-32)7-8-23(20)37-14-13-36-18(4)34/h7-8,15-17,21,27H,6,9-14H2,1-5H3,(H,28,29,30)/t21-/m1/s1. The van der Waals surface area contributed by atoms with Crippen molar-refractivity contribution in [2.75, 3.05) is 66.5 Å². The molecule has 0 saturated carbocycles. The van der Waals surface area contributed by atoms with E-state index < -0.39 is 0 Å². The smallest absolute Gasteiger partial charge is 0.302 e. The van der Waals surface area contributed by atoms with Crippen LogP contribution in [0.2, 0.25) is 0 Å². The summed E-state index contributed by atoms with van der Waals surface area (Å²) in [5.41, 5.74) is 2.46. The van der Waals surface area contributed by atoms with Crippen molar-refractivity contribution < 1.29 is 19.1 Å². The maximum absolute atomic E-state index is 13.0. The number of carbonyl (C=O) groups is 2. The van der Waals surface area contributed by atoms with Gasteiger partial charge in [-0.05, 0) is 38.5 Å². The molecule has 1 aromatic carbocycles. The van der Waals surface area contributed by atoms with E-state index in [1.807, 2.05) is 25.1 Å². The highest BCUT2D eigenvalue weighted by atomic mass is 16.6. The number of aromatic nitrogens is 2. The number of nitrogens with one attached hydrogen (secondary N) is 2. The Morgan fingerprint density at radius 3 is 2.68 bits per heavy atom. The molecule has 1 saturated heterocycles. The van der Waals surface area contributed by atoms with Gasteiger partial charge in [0.1, 0.15) is 30.7 Å². The third kappa shape index (κ3) is 5.87. The summed E-state index contributed by atoms with van der Waals surface area (Å²) in [5.74, 6) is 1.43. The molecule has 2 aromatic rings. The van der Waals surface area contributed by atoms with Gasteiger partial charge in [0.25, 0.3) is 0 Å². The molecule has 3 heterocycles. The molecule has 2 N–H and O–H groups in total. The Balaban J connectivity index is 1.65. The maximum atomic E-state index is 13.0. The number of carbonyl (C=O) groups excluding carboxylic acids is 2. The van der Waals surface area contributed by atoms with Gasteiger partial charge in [-0.25, -0.2) is 4.98 Å². The van der Waals surface area contributed by atoms with Gasteiger partial charge < -0.3 is 34.8 Å². The molecule has 37 heavy (non-hydrogen) atoms. The Hall–Kier alpha value is -3.60. The molecule has 0 spiro atoms. The Bertz CT molecular complexity index is 1120. The first-order chi connectivity index (χ1) is 17.8. The van der Waals surface area contributed by atoms with Gasteiger partial charge in [-0.3, -0.25) is 9.59 Å². The minimum atomic E-state index is -0.345. The van der Waals surface area contributed by atoms with E-state index in [0.29, 0.717) is 29.5 Å². The van der Waals surface area contributed by atoms with Crippen molar-refractivity contribution in [3.63, 3.8) is 0 Å². The van der Waals surface area contributed by atoms with E-state index in [-0.39, 0.29) is 37.2 Å². The molecule has 1 amide bonds. The van der Waals surface area contributed by atoms with Crippen LogP contribution in [0.4, 0.5) is 28.8 Å². The van der Waals surface area contributed by atoms with Gasteiger partial charge in [0, 0.05) is 51.9 Å². The number of benzene rings is 1. The summed E-state index contributed by atoms with van der Waals surface area (Å²) in [6.45, 7) is 11.5. The molecule has 11 nitrogen and oxygen atoms in total. The quantitative estimate of drug-likeness (QED) is 0.385. The number of rotatable bonds is 9. The fourth-order valence-electron chi connectivity index (χ4n) is 4.76. The average molecular weight is 512 g/mol. The first-order valence-corrected chi connectivity index (χ1v) is 12.9. The highest BCUT2D eigenvalue weighted by molar-refractivity contribution is 6.04. The number of piperazine rings is 1. The van der Waals surface area contributed by atoms with Crippen LogP contribution in [-0.2, 0) is 14.3 Å². The van der Waals surface area contributed by atoms with E-state index in [4.69, 9.17) is 14.5 Å². The second-order valence-electron chi connectivity index (χ2n) is 9.46. The molecule has 1 atom stereocenters. The minimum Gasteiger partial charge on any atom is -0.488 e. The zero-order valence-corrected chi connectivity index (χ0v) is 22.3. The lowest BCUT2D eigenvalue weighted by molar-refractivity contribution is -0.141. The molecule has 200 valence electrons. The van der Waals surface area contributed by atoms with Crippen molar-refractivity contribution >= 4 is 40.7 Å². The van der Waals surface area contributed by atoms with E-state index in [1.54, 1.807) is 18.1 Å². The summed E-state index contributed by atoms with van der Waals surface area (Å²) in [6, 6.07) is 5.77. The van der Waals surface area contributed by atoms with Crippen LogP contribution < -0.4 is 30.1 Å². The van der Waals surface area contributed by atoms with E-state index >= 15 is 0 Å². The molecular weight excluding hydrogens is 474 g/mol. The van der Waals surface area contributed by atoms with Crippen LogP contribution in [0.15, 0.2) is 24.4 Å². The van der Waals surface area contributed by atoms with Crippen LogP contribution in [0.5, 0.6) is 5.75 Å². The number of hydrogen-bond donors (Lipinski definition) is 2. The molecule has 1 fully saturated rings. The van der Waals surface area contributed by atoms with Crippen LogP contribution >= 0.6 is 0 Å². The molecule has 0 unspecified atom stereocenters. The second kappa shape index (κ2) is 11.6. The number of fused-ring (bicyclic) bond motifs is 1. The summed E-state index contributed by atoms with van der Waals surface area (Å²) in [7, 11) is 1.77. The summed E-state index contributed by atoms with van der Waals surface area (Å²) < 4.78 is 11.0. The Labute approximate surface area is 218 Å². The first-order valence-electron chi connectivity index (χ1n) is 12.9. The number of ether oxygens (including phenoxy) is 2. The zero-order valence-electron chi connectivity index (χ0n) is 22.3. The molecule has 11 heteroatoms. The Morgan fingerprint density at radius 2 is 2.00 bits per heavy atom. The van der Waals surface area contributed by atoms with Crippen LogP contribution in [0, 0.1) is 0 Å². The average Bonchev–Trinajstić information content (AvgIpc) is 2.89. The molecule has 2 aliphatic rings. The van der Waals surface area contributed by atoms with Crippen LogP contribution in [0.1, 0.15) is 34.1 Å². The van der Waals surface area contributed by atoms with Crippen LogP contribution in [-0.4, -0.2) is 80.4 Å². The normalized spacial score (nSPS) is 17.6. The predicted molar refractivity (Wildman–Crippen MR) is 144 cm³/mol. The summed E-state index contributed by atoms with van der Waals surface area (Å²) in [5, 5.41) is 6.72. The largest absolute Gasteiger partial charge is 0.488 e. The topological polar surface area (TPSA) is 112 Å². The number of anilines is 5. The molecular formula is C26H37N7O4. The third-order valence-electron chi connectivity index (χ3n) is 6.59. The monoisotopic (exact) mass is 511 g/mol. The summed E-state index contributed by atoms with van der Waals surface area (Å²) >= 11 is 0. The van der Waals surface area contributed by atoms with Crippen molar-refractivity contribution in [3.05, 3.63) is 24.4 Å². The lowest BCUT2D eigenvalue weighted by Crippen LogP contribution is -2.54.